The molecule has 0 saturated heterocycles. The van der Waals surface area contributed by atoms with E-state index in [1.807, 2.05) is 12.1 Å². The standard InChI is InChI=1S/C13H7Br2N5/c14-8-4-10-12(18-6-8)20(13(17)19-10)11-2-1-7(5-16)3-9(11)15/h1-4,6H,(H2,17,19). The number of aromatic nitrogens is 3. The van der Waals surface area contributed by atoms with Gasteiger partial charge >= 0.3 is 0 Å². The van der Waals surface area contributed by atoms with E-state index in [0.29, 0.717) is 22.7 Å². The van der Waals surface area contributed by atoms with Gasteiger partial charge in [0.25, 0.3) is 0 Å². The molecule has 1 aromatic carbocycles. The van der Waals surface area contributed by atoms with Crippen LogP contribution in [0.2, 0.25) is 0 Å². The van der Waals surface area contributed by atoms with Gasteiger partial charge < -0.3 is 5.73 Å². The number of nitrogens with zero attached hydrogens (tertiary/aromatic N) is 4. The van der Waals surface area contributed by atoms with Crippen molar-refractivity contribution in [1.82, 2.24) is 14.5 Å². The van der Waals surface area contributed by atoms with Crippen LogP contribution in [0.5, 0.6) is 0 Å². The molecular weight excluding hydrogens is 386 g/mol. The van der Waals surface area contributed by atoms with Crippen molar-refractivity contribution < 1.29 is 0 Å². The first-order valence-corrected chi connectivity index (χ1v) is 7.18. The van der Waals surface area contributed by atoms with Gasteiger partial charge in [-0.2, -0.15) is 5.26 Å². The molecule has 2 heterocycles. The van der Waals surface area contributed by atoms with E-state index in [2.05, 4.69) is 47.9 Å². The Kier molecular flexibility index (Phi) is 3.20. The summed E-state index contributed by atoms with van der Waals surface area (Å²) in [5, 5.41) is 8.91. The second-order valence-corrected chi connectivity index (χ2v) is 5.85. The van der Waals surface area contributed by atoms with Gasteiger partial charge in [-0.1, -0.05) is 0 Å². The Balaban J connectivity index is 2.30. The maximum Gasteiger partial charge on any atom is 0.207 e. The van der Waals surface area contributed by atoms with Gasteiger partial charge in [-0.05, 0) is 56.1 Å². The minimum Gasteiger partial charge on any atom is -0.369 e. The number of anilines is 1. The summed E-state index contributed by atoms with van der Waals surface area (Å²) in [4.78, 5) is 8.65. The summed E-state index contributed by atoms with van der Waals surface area (Å²) in [7, 11) is 0. The van der Waals surface area contributed by atoms with Gasteiger partial charge in [0.1, 0.15) is 5.52 Å². The van der Waals surface area contributed by atoms with Crippen LogP contribution in [-0.2, 0) is 0 Å². The fourth-order valence-electron chi connectivity index (χ4n) is 1.95. The van der Waals surface area contributed by atoms with Crippen molar-refractivity contribution in [2.45, 2.75) is 0 Å². The average Bonchev–Trinajstić information content (AvgIpc) is 2.73. The lowest BCUT2D eigenvalue weighted by atomic mass is 10.2. The SMILES string of the molecule is N#Cc1ccc(-n2c(N)nc3cc(Br)cnc32)c(Br)c1. The summed E-state index contributed by atoms with van der Waals surface area (Å²) in [5.41, 5.74) is 8.71. The highest BCUT2D eigenvalue weighted by Crippen LogP contribution is 2.29. The lowest BCUT2D eigenvalue weighted by Crippen LogP contribution is -2.02. The highest BCUT2D eigenvalue weighted by Gasteiger charge is 2.14. The lowest BCUT2D eigenvalue weighted by molar-refractivity contribution is 1.07. The second kappa shape index (κ2) is 4.89. The lowest BCUT2D eigenvalue weighted by Gasteiger charge is -2.08. The molecule has 0 bridgehead atoms. The third-order valence-corrected chi connectivity index (χ3v) is 3.88. The van der Waals surface area contributed by atoms with E-state index in [9.17, 15) is 0 Å². The average molecular weight is 393 g/mol. The van der Waals surface area contributed by atoms with E-state index in [4.69, 9.17) is 11.0 Å². The van der Waals surface area contributed by atoms with Crippen LogP contribution in [-0.4, -0.2) is 14.5 Å². The molecule has 2 aromatic heterocycles. The highest BCUT2D eigenvalue weighted by atomic mass is 79.9. The molecule has 0 fully saturated rings. The molecule has 0 saturated carbocycles. The van der Waals surface area contributed by atoms with Crippen LogP contribution < -0.4 is 5.73 Å². The van der Waals surface area contributed by atoms with Crippen molar-refractivity contribution in [2.75, 3.05) is 5.73 Å². The Morgan fingerprint density at radius 3 is 2.75 bits per heavy atom. The number of halogens is 2. The summed E-state index contributed by atoms with van der Waals surface area (Å²) in [6.07, 6.45) is 1.69. The molecule has 0 atom stereocenters. The number of nitrogen functional groups attached to an aromatic ring is 1. The van der Waals surface area contributed by atoms with E-state index < -0.39 is 0 Å². The minimum atomic E-state index is 0.344. The monoisotopic (exact) mass is 391 g/mol. The molecule has 3 rings (SSSR count). The van der Waals surface area contributed by atoms with Crippen molar-refractivity contribution in [3.8, 4) is 11.8 Å². The van der Waals surface area contributed by atoms with Gasteiger partial charge in [0.15, 0.2) is 5.65 Å². The van der Waals surface area contributed by atoms with Crippen molar-refractivity contribution in [3.63, 3.8) is 0 Å². The third kappa shape index (κ3) is 2.07. The van der Waals surface area contributed by atoms with Crippen LogP contribution in [0.25, 0.3) is 16.9 Å². The predicted molar refractivity (Wildman–Crippen MR) is 83.4 cm³/mol. The van der Waals surface area contributed by atoms with Crippen molar-refractivity contribution in [1.29, 1.82) is 5.26 Å². The molecule has 2 N–H and O–H groups in total. The Morgan fingerprint density at radius 2 is 2.05 bits per heavy atom. The molecule has 0 amide bonds. The number of rotatable bonds is 1. The van der Waals surface area contributed by atoms with Gasteiger partial charge in [-0.3, -0.25) is 4.57 Å². The zero-order chi connectivity index (χ0) is 14.3. The van der Waals surface area contributed by atoms with Gasteiger partial charge in [0.2, 0.25) is 5.95 Å². The Morgan fingerprint density at radius 1 is 1.25 bits per heavy atom. The summed E-state index contributed by atoms with van der Waals surface area (Å²) in [6, 6.07) is 9.22. The van der Waals surface area contributed by atoms with E-state index >= 15 is 0 Å². The Bertz CT molecular complexity index is 863. The zero-order valence-corrected chi connectivity index (χ0v) is 13.2. The molecule has 7 heteroatoms. The number of fused-ring (bicyclic) bond motifs is 1. The van der Waals surface area contributed by atoms with Crippen LogP contribution in [0.4, 0.5) is 5.95 Å². The van der Waals surface area contributed by atoms with E-state index in [0.717, 1.165) is 14.6 Å². The number of nitriles is 1. The first-order chi connectivity index (χ1) is 9.60. The second-order valence-electron chi connectivity index (χ2n) is 4.08. The predicted octanol–water partition coefficient (Wildman–Crippen LogP) is 3.40. The molecule has 3 aromatic rings. The fraction of sp³-hybridized carbons (Fsp3) is 0. The molecule has 5 nitrogen and oxygen atoms in total. The smallest absolute Gasteiger partial charge is 0.207 e. The van der Waals surface area contributed by atoms with Crippen LogP contribution in [0, 0.1) is 11.3 Å². The van der Waals surface area contributed by atoms with E-state index in [1.54, 1.807) is 22.9 Å². The van der Waals surface area contributed by atoms with Crippen molar-refractivity contribution in [2.24, 2.45) is 0 Å². The number of nitrogens with two attached hydrogens (primary N) is 1. The zero-order valence-electron chi connectivity index (χ0n) is 10.0. The molecule has 0 aliphatic carbocycles. The highest BCUT2D eigenvalue weighted by molar-refractivity contribution is 9.10. The minimum absolute atomic E-state index is 0.344. The Hall–Kier alpha value is -1.91. The normalized spacial score (nSPS) is 10.7. The van der Waals surface area contributed by atoms with E-state index in [1.165, 1.54) is 0 Å². The number of pyridine rings is 1. The largest absolute Gasteiger partial charge is 0.369 e. The molecule has 0 radical (unpaired) electrons. The number of hydrogen-bond acceptors (Lipinski definition) is 4. The van der Waals surface area contributed by atoms with Gasteiger partial charge in [0, 0.05) is 15.1 Å². The third-order valence-electron chi connectivity index (χ3n) is 2.81. The van der Waals surface area contributed by atoms with Gasteiger partial charge in [-0.25, -0.2) is 9.97 Å². The molecule has 0 spiro atoms. The fourth-order valence-corrected chi connectivity index (χ4v) is 2.83. The van der Waals surface area contributed by atoms with Gasteiger partial charge in [-0.15, -0.1) is 0 Å². The molecule has 0 aliphatic heterocycles. The summed E-state index contributed by atoms with van der Waals surface area (Å²) >= 11 is 6.81. The van der Waals surface area contributed by atoms with Crippen LogP contribution in [0.1, 0.15) is 5.56 Å². The maximum absolute atomic E-state index is 8.91. The summed E-state index contributed by atoms with van der Waals surface area (Å²) in [6.45, 7) is 0. The van der Waals surface area contributed by atoms with E-state index in [-0.39, 0.29) is 0 Å². The topological polar surface area (TPSA) is 80.5 Å². The van der Waals surface area contributed by atoms with Crippen LogP contribution in [0.3, 0.4) is 0 Å². The Labute approximate surface area is 131 Å². The molecular formula is C13H7Br2N5. The molecule has 0 aliphatic rings. The quantitative estimate of drug-likeness (QED) is 0.688. The number of benzene rings is 1. The summed E-state index contributed by atoms with van der Waals surface area (Å²) < 4.78 is 3.34. The first kappa shape index (κ1) is 13.1. The molecule has 20 heavy (non-hydrogen) atoms. The molecule has 98 valence electrons. The van der Waals surface area contributed by atoms with Gasteiger partial charge in [0.05, 0.1) is 17.3 Å². The van der Waals surface area contributed by atoms with Crippen LogP contribution in [0.15, 0.2) is 39.4 Å². The number of hydrogen-bond donors (Lipinski definition) is 1. The summed E-state index contributed by atoms with van der Waals surface area (Å²) in [5.74, 6) is 0.344. The molecule has 0 unspecified atom stereocenters. The first-order valence-electron chi connectivity index (χ1n) is 5.59. The van der Waals surface area contributed by atoms with Crippen LogP contribution >= 0.6 is 31.9 Å². The van der Waals surface area contributed by atoms with Crippen molar-refractivity contribution in [3.05, 3.63) is 45.0 Å². The maximum atomic E-state index is 8.91. The van der Waals surface area contributed by atoms with Crippen molar-refractivity contribution >= 4 is 49.0 Å². The number of imidazole rings is 1.